The van der Waals surface area contributed by atoms with Gasteiger partial charge in [0, 0.05) is 41.6 Å². The standard InChI is InChI=1S/C13H20N2O3S/c1-3-4-14-11-5-12(15(17)18)7-13(6-11)19-9-10(2)8-16/h5-7,10,14,16H,3-4,8-9H2,1-2H3. The lowest BCUT2D eigenvalue weighted by Crippen LogP contribution is -2.04. The average molecular weight is 284 g/mol. The first-order valence-corrected chi connectivity index (χ1v) is 7.32. The molecule has 19 heavy (non-hydrogen) atoms. The molecule has 1 aromatic carbocycles. The normalized spacial score (nSPS) is 12.2. The zero-order chi connectivity index (χ0) is 14.3. The molecule has 0 aliphatic carbocycles. The monoisotopic (exact) mass is 284 g/mol. The van der Waals surface area contributed by atoms with Gasteiger partial charge < -0.3 is 10.4 Å². The second kappa shape index (κ2) is 8.01. The molecule has 0 amide bonds. The summed E-state index contributed by atoms with van der Waals surface area (Å²) in [6, 6.07) is 5.04. The molecule has 0 aliphatic heterocycles. The number of rotatable bonds is 8. The molecule has 1 unspecified atom stereocenters. The number of nitro benzene ring substituents is 1. The lowest BCUT2D eigenvalue weighted by atomic mass is 10.2. The number of nitrogens with one attached hydrogen (secondary N) is 1. The van der Waals surface area contributed by atoms with Crippen LogP contribution in [-0.2, 0) is 0 Å². The summed E-state index contributed by atoms with van der Waals surface area (Å²) in [5.74, 6) is 0.918. The third-order valence-electron chi connectivity index (χ3n) is 2.53. The van der Waals surface area contributed by atoms with Gasteiger partial charge in [0.1, 0.15) is 0 Å². The quantitative estimate of drug-likeness (QED) is 0.436. The topological polar surface area (TPSA) is 75.4 Å². The minimum atomic E-state index is -0.378. The van der Waals surface area contributed by atoms with Crippen LogP contribution >= 0.6 is 11.8 Å². The van der Waals surface area contributed by atoms with E-state index < -0.39 is 0 Å². The van der Waals surface area contributed by atoms with Gasteiger partial charge in [-0.1, -0.05) is 13.8 Å². The molecule has 1 atom stereocenters. The van der Waals surface area contributed by atoms with Gasteiger partial charge >= 0.3 is 0 Å². The fraction of sp³-hybridized carbons (Fsp3) is 0.538. The third-order valence-corrected chi connectivity index (χ3v) is 3.83. The van der Waals surface area contributed by atoms with Crippen LogP contribution in [0, 0.1) is 16.0 Å². The predicted molar refractivity (Wildman–Crippen MR) is 78.9 cm³/mol. The van der Waals surface area contributed by atoms with Gasteiger partial charge in [-0.25, -0.2) is 0 Å². The molecule has 0 saturated carbocycles. The van der Waals surface area contributed by atoms with Crippen molar-refractivity contribution in [2.75, 3.05) is 24.2 Å². The molecule has 106 valence electrons. The molecule has 0 saturated heterocycles. The summed E-state index contributed by atoms with van der Waals surface area (Å²) in [4.78, 5) is 11.4. The maximum atomic E-state index is 10.9. The number of hydrogen-bond donors (Lipinski definition) is 2. The molecule has 0 radical (unpaired) electrons. The highest BCUT2D eigenvalue weighted by Crippen LogP contribution is 2.29. The highest BCUT2D eigenvalue weighted by molar-refractivity contribution is 7.99. The van der Waals surface area contributed by atoms with Crippen LogP contribution in [-0.4, -0.2) is 28.9 Å². The van der Waals surface area contributed by atoms with Gasteiger partial charge in [0.2, 0.25) is 0 Å². The molecular formula is C13H20N2O3S. The molecule has 0 heterocycles. The number of hydrogen-bond acceptors (Lipinski definition) is 5. The smallest absolute Gasteiger partial charge is 0.272 e. The number of anilines is 1. The molecule has 0 bridgehead atoms. The zero-order valence-corrected chi connectivity index (χ0v) is 12.1. The van der Waals surface area contributed by atoms with E-state index in [1.165, 1.54) is 11.8 Å². The Kier molecular flexibility index (Phi) is 6.66. The Morgan fingerprint density at radius 2 is 2.21 bits per heavy atom. The fourth-order valence-electron chi connectivity index (χ4n) is 1.43. The second-order valence-electron chi connectivity index (χ2n) is 4.50. The highest BCUT2D eigenvalue weighted by Gasteiger charge is 2.11. The fourth-order valence-corrected chi connectivity index (χ4v) is 2.43. The molecule has 0 aromatic heterocycles. The molecule has 0 fully saturated rings. The van der Waals surface area contributed by atoms with Crippen LogP contribution in [0.5, 0.6) is 0 Å². The number of nitrogens with zero attached hydrogens (tertiary/aromatic N) is 1. The van der Waals surface area contributed by atoms with Crippen LogP contribution < -0.4 is 5.32 Å². The van der Waals surface area contributed by atoms with Crippen molar-refractivity contribution in [1.29, 1.82) is 0 Å². The Labute approximate surface area is 117 Å². The molecule has 0 aliphatic rings. The number of benzene rings is 1. The van der Waals surface area contributed by atoms with Crippen molar-refractivity contribution in [1.82, 2.24) is 0 Å². The lowest BCUT2D eigenvalue weighted by Gasteiger charge is -2.10. The molecule has 1 rings (SSSR count). The summed E-state index contributed by atoms with van der Waals surface area (Å²) in [5.41, 5.74) is 0.871. The molecular weight excluding hydrogens is 264 g/mol. The van der Waals surface area contributed by atoms with Crippen LogP contribution in [0.1, 0.15) is 20.3 Å². The Morgan fingerprint density at radius 1 is 1.47 bits per heavy atom. The maximum Gasteiger partial charge on any atom is 0.272 e. The lowest BCUT2D eigenvalue weighted by molar-refractivity contribution is -0.385. The van der Waals surface area contributed by atoms with Crippen molar-refractivity contribution < 1.29 is 10.0 Å². The van der Waals surface area contributed by atoms with E-state index in [1.54, 1.807) is 12.1 Å². The molecule has 2 N–H and O–H groups in total. The number of nitro groups is 1. The van der Waals surface area contributed by atoms with Gasteiger partial charge in [-0.15, -0.1) is 11.8 Å². The van der Waals surface area contributed by atoms with Gasteiger partial charge in [-0.05, 0) is 18.4 Å². The largest absolute Gasteiger partial charge is 0.396 e. The first kappa shape index (κ1) is 15.8. The summed E-state index contributed by atoms with van der Waals surface area (Å²) in [5, 5.41) is 23.1. The minimum Gasteiger partial charge on any atom is -0.396 e. The Morgan fingerprint density at radius 3 is 2.79 bits per heavy atom. The highest BCUT2D eigenvalue weighted by atomic mass is 32.2. The zero-order valence-electron chi connectivity index (χ0n) is 11.3. The van der Waals surface area contributed by atoms with Crippen molar-refractivity contribution in [3.63, 3.8) is 0 Å². The SMILES string of the molecule is CCCNc1cc(SCC(C)CO)cc([N+](=O)[O-])c1. The van der Waals surface area contributed by atoms with E-state index in [9.17, 15) is 10.1 Å². The summed E-state index contributed by atoms with van der Waals surface area (Å²) >= 11 is 1.53. The summed E-state index contributed by atoms with van der Waals surface area (Å²) in [6.45, 7) is 4.91. The summed E-state index contributed by atoms with van der Waals surface area (Å²) in [6.07, 6.45) is 0.965. The number of aliphatic hydroxyl groups excluding tert-OH is 1. The van der Waals surface area contributed by atoms with E-state index in [1.807, 2.05) is 19.9 Å². The van der Waals surface area contributed by atoms with Crippen LogP contribution in [0.2, 0.25) is 0 Å². The van der Waals surface area contributed by atoms with E-state index in [0.29, 0.717) is 0 Å². The maximum absolute atomic E-state index is 10.9. The second-order valence-corrected chi connectivity index (χ2v) is 5.59. The van der Waals surface area contributed by atoms with Crippen LogP contribution in [0.25, 0.3) is 0 Å². The number of aliphatic hydroxyl groups is 1. The van der Waals surface area contributed by atoms with Crippen molar-refractivity contribution >= 4 is 23.1 Å². The van der Waals surface area contributed by atoms with Crippen molar-refractivity contribution in [3.05, 3.63) is 28.3 Å². The van der Waals surface area contributed by atoms with Crippen molar-refractivity contribution in [2.45, 2.75) is 25.2 Å². The van der Waals surface area contributed by atoms with Gasteiger partial charge in [0.15, 0.2) is 0 Å². The average Bonchev–Trinajstić information content (AvgIpc) is 2.42. The van der Waals surface area contributed by atoms with Crippen molar-refractivity contribution in [2.24, 2.45) is 5.92 Å². The first-order chi connectivity index (χ1) is 9.06. The molecule has 1 aromatic rings. The van der Waals surface area contributed by atoms with E-state index in [4.69, 9.17) is 5.11 Å². The van der Waals surface area contributed by atoms with E-state index >= 15 is 0 Å². The minimum absolute atomic E-state index is 0.0975. The summed E-state index contributed by atoms with van der Waals surface area (Å²) in [7, 11) is 0. The molecule has 0 spiro atoms. The predicted octanol–water partition coefficient (Wildman–Crippen LogP) is 3.14. The van der Waals surface area contributed by atoms with Crippen LogP contribution in [0.15, 0.2) is 23.1 Å². The van der Waals surface area contributed by atoms with E-state index in [2.05, 4.69) is 5.32 Å². The summed E-state index contributed by atoms with van der Waals surface area (Å²) < 4.78 is 0. The van der Waals surface area contributed by atoms with Gasteiger partial charge in [0.25, 0.3) is 5.69 Å². The number of non-ortho nitro benzene ring substituents is 1. The van der Waals surface area contributed by atoms with E-state index in [-0.39, 0.29) is 23.1 Å². The Hall–Kier alpha value is -1.27. The van der Waals surface area contributed by atoms with Gasteiger partial charge in [-0.2, -0.15) is 0 Å². The Bertz CT molecular complexity index is 426. The molecule has 5 nitrogen and oxygen atoms in total. The number of thioether (sulfide) groups is 1. The Balaban J connectivity index is 2.83. The van der Waals surface area contributed by atoms with Crippen molar-refractivity contribution in [3.8, 4) is 0 Å². The van der Waals surface area contributed by atoms with Gasteiger partial charge in [-0.3, -0.25) is 10.1 Å². The molecule has 6 heteroatoms. The van der Waals surface area contributed by atoms with E-state index in [0.717, 1.165) is 29.3 Å². The van der Waals surface area contributed by atoms with Gasteiger partial charge in [0.05, 0.1) is 4.92 Å². The third kappa shape index (κ3) is 5.48. The van der Waals surface area contributed by atoms with Crippen LogP contribution in [0.3, 0.4) is 0 Å². The first-order valence-electron chi connectivity index (χ1n) is 6.33. The van der Waals surface area contributed by atoms with Crippen LogP contribution in [0.4, 0.5) is 11.4 Å².